The Labute approximate surface area is 117 Å². The lowest BCUT2D eigenvalue weighted by Gasteiger charge is -2.19. The average molecular weight is 304 g/mol. The van der Waals surface area contributed by atoms with Crippen LogP contribution in [0, 0.1) is 5.82 Å². The standard InChI is InChI=1S/C11H17FN4O3S/c1-3-16(4-2)20(18,19)15-10-6-5-8(7-9(10)12)11(13)14-17/h5-7,15,17H,3-4H2,1-2H3,(H2,13,14). The molecule has 0 unspecified atom stereocenters. The van der Waals surface area contributed by atoms with Gasteiger partial charge in [-0.3, -0.25) is 4.72 Å². The SMILES string of the molecule is CCN(CC)S(=O)(=O)Nc1ccc(/C(N)=N/O)cc1F. The van der Waals surface area contributed by atoms with Gasteiger partial charge in [0.25, 0.3) is 0 Å². The molecule has 20 heavy (non-hydrogen) atoms. The van der Waals surface area contributed by atoms with Gasteiger partial charge in [-0.2, -0.15) is 12.7 Å². The topological polar surface area (TPSA) is 108 Å². The largest absolute Gasteiger partial charge is 0.409 e. The van der Waals surface area contributed by atoms with Crippen LogP contribution < -0.4 is 10.5 Å². The molecule has 0 saturated heterocycles. The monoisotopic (exact) mass is 304 g/mol. The predicted molar refractivity (Wildman–Crippen MR) is 74.4 cm³/mol. The van der Waals surface area contributed by atoms with Crippen LogP contribution in [0.3, 0.4) is 0 Å². The van der Waals surface area contributed by atoms with Crippen LogP contribution in [-0.4, -0.2) is 36.9 Å². The molecule has 0 aromatic heterocycles. The summed E-state index contributed by atoms with van der Waals surface area (Å²) in [4.78, 5) is 0. The second-order valence-corrected chi connectivity index (χ2v) is 5.54. The molecule has 0 aliphatic heterocycles. The number of amidine groups is 1. The van der Waals surface area contributed by atoms with Crippen LogP contribution >= 0.6 is 0 Å². The van der Waals surface area contributed by atoms with Crippen molar-refractivity contribution in [2.75, 3.05) is 17.8 Å². The maximum Gasteiger partial charge on any atom is 0.301 e. The van der Waals surface area contributed by atoms with E-state index in [0.29, 0.717) is 0 Å². The summed E-state index contributed by atoms with van der Waals surface area (Å²) in [5.74, 6) is -1.08. The van der Waals surface area contributed by atoms with Crippen LogP contribution in [0.5, 0.6) is 0 Å². The zero-order chi connectivity index (χ0) is 15.3. The third kappa shape index (κ3) is 3.58. The minimum absolute atomic E-state index is 0.149. The summed E-state index contributed by atoms with van der Waals surface area (Å²) in [5.41, 5.74) is 5.26. The fraction of sp³-hybridized carbons (Fsp3) is 0.364. The van der Waals surface area contributed by atoms with Gasteiger partial charge in [-0.25, -0.2) is 4.39 Å². The van der Waals surface area contributed by atoms with Gasteiger partial charge in [-0.15, -0.1) is 0 Å². The molecule has 0 atom stereocenters. The number of hydrogen-bond donors (Lipinski definition) is 3. The number of nitrogens with two attached hydrogens (primary N) is 1. The first-order valence-electron chi connectivity index (χ1n) is 5.91. The van der Waals surface area contributed by atoms with Gasteiger partial charge in [0.1, 0.15) is 5.82 Å². The fourth-order valence-corrected chi connectivity index (χ4v) is 2.83. The van der Waals surface area contributed by atoms with Crippen molar-refractivity contribution in [3.8, 4) is 0 Å². The summed E-state index contributed by atoms with van der Waals surface area (Å²) >= 11 is 0. The minimum Gasteiger partial charge on any atom is -0.409 e. The smallest absolute Gasteiger partial charge is 0.301 e. The van der Waals surface area contributed by atoms with Crippen molar-refractivity contribution in [2.45, 2.75) is 13.8 Å². The van der Waals surface area contributed by atoms with Gasteiger partial charge in [-0.05, 0) is 18.2 Å². The molecule has 112 valence electrons. The van der Waals surface area contributed by atoms with Gasteiger partial charge in [0.05, 0.1) is 5.69 Å². The van der Waals surface area contributed by atoms with Crippen LogP contribution in [0.2, 0.25) is 0 Å². The number of rotatable bonds is 6. The quantitative estimate of drug-likeness (QED) is 0.314. The highest BCUT2D eigenvalue weighted by molar-refractivity contribution is 7.90. The molecule has 1 aromatic rings. The Bertz CT molecular complexity index is 600. The van der Waals surface area contributed by atoms with E-state index in [1.165, 1.54) is 12.1 Å². The van der Waals surface area contributed by atoms with Crippen LogP contribution in [0.25, 0.3) is 0 Å². The van der Waals surface area contributed by atoms with E-state index >= 15 is 0 Å². The molecule has 0 heterocycles. The van der Waals surface area contributed by atoms with Crippen LogP contribution in [-0.2, 0) is 10.2 Å². The molecule has 0 spiro atoms. The molecule has 0 saturated carbocycles. The Morgan fingerprint density at radius 1 is 1.45 bits per heavy atom. The number of oxime groups is 1. The molecule has 0 aliphatic carbocycles. The highest BCUT2D eigenvalue weighted by atomic mass is 32.2. The number of anilines is 1. The summed E-state index contributed by atoms with van der Waals surface area (Å²) in [5, 5.41) is 11.2. The fourth-order valence-electron chi connectivity index (χ4n) is 1.58. The van der Waals surface area contributed by atoms with E-state index < -0.39 is 16.0 Å². The summed E-state index contributed by atoms with van der Waals surface area (Å²) in [6.07, 6.45) is 0. The van der Waals surface area contributed by atoms with E-state index in [2.05, 4.69) is 9.88 Å². The van der Waals surface area contributed by atoms with Gasteiger partial charge in [0, 0.05) is 18.7 Å². The lowest BCUT2D eigenvalue weighted by atomic mass is 10.2. The van der Waals surface area contributed by atoms with Crippen LogP contribution in [0.4, 0.5) is 10.1 Å². The van der Waals surface area contributed by atoms with E-state index in [1.54, 1.807) is 13.8 Å². The van der Waals surface area contributed by atoms with Crippen molar-refractivity contribution in [3.05, 3.63) is 29.6 Å². The first-order valence-corrected chi connectivity index (χ1v) is 7.35. The van der Waals surface area contributed by atoms with Crippen molar-refractivity contribution in [3.63, 3.8) is 0 Å². The molecule has 4 N–H and O–H groups in total. The molecule has 1 aromatic carbocycles. The first-order chi connectivity index (χ1) is 9.35. The number of benzene rings is 1. The summed E-state index contributed by atoms with van der Waals surface area (Å²) < 4.78 is 41.0. The number of halogens is 1. The Hall–Kier alpha value is -1.87. The Kier molecular flexibility index (Phi) is 5.28. The third-order valence-corrected chi connectivity index (χ3v) is 4.33. The summed E-state index contributed by atoms with van der Waals surface area (Å²) in [6.45, 7) is 3.91. The zero-order valence-electron chi connectivity index (χ0n) is 11.2. The molecule has 0 fully saturated rings. The van der Waals surface area contributed by atoms with E-state index in [4.69, 9.17) is 10.9 Å². The minimum atomic E-state index is -3.80. The predicted octanol–water partition coefficient (Wildman–Crippen LogP) is 0.919. The van der Waals surface area contributed by atoms with Gasteiger partial charge in [-0.1, -0.05) is 19.0 Å². The lowest BCUT2D eigenvalue weighted by Crippen LogP contribution is -2.35. The van der Waals surface area contributed by atoms with Gasteiger partial charge < -0.3 is 10.9 Å². The summed E-state index contributed by atoms with van der Waals surface area (Å²) in [7, 11) is -3.80. The number of hydrogen-bond acceptors (Lipinski definition) is 4. The van der Waals surface area contributed by atoms with Gasteiger partial charge in [0.2, 0.25) is 0 Å². The highest BCUT2D eigenvalue weighted by Crippen LogP contribution is 2.18. The van der Waals surface area contributed by atoms with Gasteiger partial charge in [0.15, 0.2) is 5.84 Å². The molecule has 7 nitrogen and oxygen atoms in total. The van der Waals surface area contributed by atoms with E-state index in [0.717, 1.165) is 10.4 Å². The van der Waals surface area contributed by atoms with Crippen molar-refractivity contribution < 1.29 is 18.0 Å². The molecule has 0 radical (unpaired) electrons. The Morgan fingerprint density at radius 2 is 2.05 bits per heavy atom. The van der Waals surface area contributed by atoms with Gasteiger partial charge >= 0.3 is 10.2 Å². The lowest BCUT2D eigenvalue weighted by molar-refractivity contribution is 0.318. The second-order valence-electron chi connectivity index (χ2n) is 3.87. The summed E-state index contributed by atoms with van der Waals surface area (Å²) in [6, 6.07) is 3.54. The molecule has 0 bridgehead atoms. The Balaban J connectivity index is 3.06. The zero-order valence-corrected chi connectivity index (χ0v) is 12.0. The van der Waals surface area contributed by atoms with Crippen molar-refractivity contribution >= 4 is 21.7 Å². The normalized spacial score (nSPS) is 12.7. The maximum absolute atomic E-state index is 13.8. The van der Waals surface area contributed by atoms with E-state index in [-0.39, 0.29) is 30.2 Å². The first kappa shape index (κ1) is 16.2. The van der Waals surface area contributed by atoms with Crippen molar-refractivity contribution in [1.29, 1.82) is 0 Å². The molecular formula is C11H17FN4O3S. The van der Waals surface area contributed by atoms with Crippen molar-refractivity contribution in [2.24, 2.45) is 10.9 Å². The molecule has 1 rings (SSSR count). The Morgan fingerprint density at radius 3 is 2.50 bits per heavy atom. The molecule has 0 amide bonds. The number of nitrogens with one attached hydrogen (secondary N) is 1. The second kappa shape index (κ2) is 6.53. The molecule has 9 heteroatoms. The maximum atomic E-state index is 13.8. The highest BCUT2D eigenvalue weighted by Gasteiger charge is 2.20. The third-order valence-electron chi connectivity index (χ3n) is 2.66. The van der Waals surface area contributed by atoms with Crippen LogP contribution in [0.1, 0.15) is 19.4 Å². The van der Waals surface area contributed by atoms with E-state index in [9.17, 15) is 12.8 Å². The average Bonchev–Trinajstić information content (AvgIpc) is 2.41. The molecular weight excluding hydrogens is 287 g/mol. The van der Waals surface area contributed by atoms with E-state index in [1.807, 2.05) is 0 Å². The van der Waals surface area contributed by atoms with Crippen molar-refractivity contribution in [1.82, 2.24) is 4.31 Å². The number of nitrogens with zero attached hydrogens (tertiary/aromatic N) is 2. The van der Waals surface area contributed by atoms with Crippen LogP contribution in [0.15, 0.2) is 23.4 Å². The molecule has 0 aliphatic rings.